The molecule has 0 saturated carbocycles. The van der Waals surface area contributed by atoms with Crippen molar-refractivity contribution in [2.24, 2.45) is 0 Å². The number of hydrogen-bond donors (Lipinski definition) is 0. The summed E-state index contributed by atoms with van der Waals surface area (Å²) in [5.41, 5.74) is 3.52. The first-order valence-electron chi connectivity index (χ1n) is 13.7. The number of amides is 2. The maximum atomic E-state index is 12.7. The van der Waals surface area contributed by atoms with Crippen molar-refractivity contribution in [2.75, 3.05) is 25.6 Å². The number of rotatable bonds is 10. The normalized spacial score (nSPS) is 10.4. The molecular formula is C34H36Cl2N2O2S2. The first kappa shape index (κ1) is 33.6. The van der Waals surface area contributed by atoms with E-state index < -0.39 is 0 Å². The summed E-state index contributed by atoms with van der Waals surface area (Å²) in [7, 11) is 3.62. The molecule has 0 spiro atoms. The summed E-state index contributed by atoms with van der Waals surface area (Å²) in [6, 6.07) is 30.9. The van der Waals surface area contributed by atoms with Crippen LogP contribution in [0.5, 0.6) is 0 Å². The van der Waals surface area contributed by atoms with Crippen LogP contribution in [0.3, 0.4) is 0 Å². The van der Waals surface area contributed by atoms with Crippen LogP contribution in [0, 0.1) is 0 Å². The van der Waals surface area contributed by atoms with Gasteiger partial charge in [-0.05, 0) is 53.0 Å². The Labute approximate surface area is 268 Å². The molecule has 4 rings (SSSR count). The minimum absolute atomic E-state index is 0.00250. The second-order valence-electron chi connectivity index (χ2n) is 9.42. The lowest BCUT2D eigenvalue weighted by Gasteiger charge is -2.19. The van der Waals surface area contributed by atoms with Crippen LogP contribution in [0.2, 0.25) is 10.0 Å². The summed E-state index contributed by atoms with van der Waals surface area (Å²) in [5, 5.41) is 1.28. The number of nitrogens with zero attached hydrogens (tertiary/aromatic N) is 2. The molecule has 0 unspecified atom stereocenters. The Morgan fingerprint density at radius 3 is 1.71 bits per heavy atom. The number of benzene rings is 4. The van der Waals surface area contributed by atoms with E-state index in [0.29, 0.717) is 34.3 Å². The van der Waals surface area contributed by atoms with Gasteiger partial charge in [-0.2, -0.15) is 0 Å². The van der Waals surface area contributed by atoms with Gasteiger partial charge in [-0.25, -0.2) is 0 Å². The average molecular weight is 640 g/mol. The third-order valence-corrected chi connectivity index (χ3v) is 9.01. The Kier molecular flexibility index (Phi) is 13.8. The van der Waals surface area contributed by atoms with Gasteiger partial charge < -0.3 is 9.80 Å². The highest BCUT2D eigenvalue weighted by molar-refractivity contribution is 7.99. The monoisotopic (exact) mass is 638 g/mol. The minimum atomic E-state index is -0.0196. The summed E-state index contributed by atoms with van der Waals surface area (Å²) in [6.07, 6.45) is 0. The van der Waals surface area contributed by atoms with Gasteiger partial charge in [0, 0.05) is 42.5 Å². The van der Waals surface area contributed by atoms with E-state index in [0.717, 1.165) is 32.4 Å². The van der Waals surface area contributed by atoms with Gasteiger partial charge in [0.05, 0.1) is 15.6 Å². The molecule has 0 saturated heterocycles. The first-order chi connectivity index (χ1) is 20.2. The Morgan fingerprint density at radius 1 is 0.643 bits per heavy atom. The van der Waals surface area contributed by atoms with Crippen LogP contribution in [0.15, 0.2) is 107 Å². The van der Waals surface area contributed by atoms with E-state index in [4.69, 9.17) is 23.2 Å². The molecule has 0 bridgehead atoms. The summed E-state index contributed by atoms with van der Waals surface area (Å²) in [6.45, 7) is 5.30. The molecule has 0 aromatic heterocycles. The van der Waals surface area contributed by atoms with Crippen LogP contribution in [-0.2, 0) is 13.1 Å². The third-order valence-electron chi connectivity index (χ3n) is 6.18. The lowest BCUT2D eigenvalue weighted by molar-refractivity contribution is 0.0776. The molecule has 4 aromatic carbocycles. The molecule has 42 heavy (non-hydrogen) atoms. The van der Waals surface area contributed by atoms with E-state index in [2.05, 4.69) is 13.8 Å². The van der Waals surface area contributed by atoms with Gasteiger partial charge in [0.25, 0.3) is 11.8 Å². The zero-order chi connectivity index (χ0) is 30.5. The van der Waals surface area contributed by atoms with Crippen LogP contribution in [0.25, 0.3) is 0 Å². The van der Waals surface area contributed by atoms with Crippen molar-refractivity contribution in [1.82, 2.24) is 9.80 Å². The quantitative estimate of drug-likeness (QED) is 0.162. The zero-order valence-electron chi connectivity index (χ0n) is 24.3. The lowest BCUT2D eigenvalue weighted by atomic mass is 10.1. The Bertz CT molecular complexity index is 1450. The molecule has 0 fully saturated rings. The first-order valence-corrected chi connectivity index (χ1v) is 16.4. The van der Waals surface area contributed by atoms with Gasteiger partial charge in [0.2, 0.25) is 0 Å². The van der Waals surface area contributed by atoms with Gasteiger partial charge in [0.1, 0.15) is 0 Å². The van der Waals surface area contributed by atoms with Crippen LogP contribution in [0.1, 0.15) is 45.7 Å². The van der Waals surface area contributed by atoms with E-state index in [1.54, 1.807) is 46.4 Å². The molecule has 0 atom stereocenters. The van der Waals surface area contributed by atoms with Gasteiger partial charge in [-0.1, -0.05) is 104 Å². The fourth-order valence-corrected chi connectivity index (χ4v) is 6.32. The molecular weight excluding hydrogens is 603 g/mol. The second-order valence-corrected chi connectivity index (χ2v) is 12.8. The molecule has 0 N–H and O–H groups in total. The molecule has 8 heteroatoms. The van der Waals surface area contributed by atoms with Crippen molar-refractivity contribution < 1.29 is 9.59 Å². The van der Waals surface area contributed by atoms with Gasteiger partial charge in [-0.3, -0.25) is 9.59 Å². The molecule has 4 nitrogen and oxygen atoms in total. The molecule has 220 valence electrons. The average Bonchev–Trinajstić information content (AvgIpc) is 3.00. The van der Waals surface area contributed by atoms with Gasteiger partial charge in [0.15, 0.2) is 0 Å². The number of carbonyl (C=O) groups is 2. The van der Waals surface area contributed by atoms with E-state index in [1.807, 2.05) is 98.0 Å². The zero-order valence-corrected chi connectivity index (χ0v) is 27.5. The predicted molar refractivity (Wildman–Crippen MR) is 180 cm³/mol. The third kappa shape index (κ3) is 9.84. The molecule has 0 aliphatic rings. The largest absolute Gasteiger partial charge is 0.337 e. The Balaban J connectivity index is 0.000000230. The van der Waals surface area contributed by atoms with E-state index in [-0.39, 0.29) is 11.8 Å². The molecule has 2 amide bonds. The summed E-state index contributed by atoms with van der Waals surface area (Å²) < 4.78 is 0. The second kappa shape index (κ2) is 17.3. The number of thioether (sulfide) groups is 2. The molecule has 0 heterocycles. The Hall–Kier alpha value is -2.90. The van der Waals surface area contributed by atoms with Gasteiger partial charge >= 0.3 is 0 Å². The van der Waals surface area contributed by atoms with Crippen molar-refractivity contribution >= 4 is 58.5 Å². The maximum Gasteiger partial charge on any atom is 0.255 e. The Morgan fingerprint density at radius 2 is 1.19 bits per heavy atom. The van der Waals surface area contributed by atoms with Crippen molar-refractivity contribution in [3.63, 3.8) is 0 Å². The maximum absolute atomic E-state index is 12.7. The van der Waals surface area contributed by atoms with Crippen molar-refractivity contribution in [1.29, 1.82) is 0 Å². The van der Waals surface area contributed by atoms with Crippen molar-refractivity contribution in [2.45, 2.75) is 36.7 Å². The summed E-state index contributed by atoms with van der Waals surface area (Å²) in [5.74, 6) is 1.82. The number of hydrogen-bond acceptors (Lipinski definition) is 4. The van der Waals surface area contributed by atoms with Crippen LogP contribution < -0.4 is 0 Å². The fourth-order valence-electron chi connectivity index (χ4n) is 4.16. The van der Waals surface area contributed by atoms with E-state index >= 15 is 0 Å². The van der Waals surface area contributed by atoms with E-state index in [9.17, 15) is 9.59 Å². The standard InChI is InChI=1S/2C17H18ClNOS/c1-3-21-16-14(10-7-11-15(16)18)17(20)19(2)12-13-8-5-4-6-9-13;1-3-21-16-10-9-14(11-15(16)18)17(20)19(2)12-13-7-5-4-6-8-13/h2*4-11H,3,12H2,1-2H3. The number of halogens is 2. The fraction of sp³-hybridized carbons (Fsp3) is 0.235. The SMILES string of the molecule is CCSc1c(Cl)cccc1C(=O)N(C)Cc1ccccc1.CCSc1ccc(C(=O)N(C)Cc2ccccc2)cc1Cl. The topological polar surface area (TPSA) is 40.6 Å². The van der Waals surface area contributed by atoms with Crippen LogP contribution in [-0.4, -0.2) is 47.2 Å². The minimum Gasteiger partial charge on any atom is -0.337 e. The van der Waals surface area contributed by atoms with Crippen molar-refractivity contribution in [3.8, 4) is 0 Å². The van der Waals surface area contributed by atoms with Crippen LogP contribution in [0.4, 0.5) is 0 Å². The van der Waals surface area contributed by atoms with Gasteiger partial charge in [-0.15, -0.1) is 23.5 Å². The smallest absolute Gasteiger partial charge is 0.255 e. The molecule has 4 aromatic rings. The highest BCUT2D eigenvalue weighted by atomic mass is 35.5. The molecule has 0 aliphatic heterocycles. The van der Waals surface area contributed by atoms with E-state index in [1.165, 1.54) is 0 Å². The lowest BCUT2D eigenvalue weighted by Crippen LogP contribution is -2.26. The molecule has 0 radical (unpaired) electrons. The van der Waals surface area contributed by atoms with Crippen molar-refractivity contribution in [3.05, 3.63) is 129 Å². The highest BCUT2D eigenvalue weighted by Crippen LogP contribution is 2.31. The number of carbonyl (C=O) groups excluding carboxylic acids is 2. The predicted octanol–water partition coefficient (Wildman–Crippen LogP) is 9.45. The summed E-state index contributed by atoms with van der Waals surface area (Å²) in [4.78, 5) is 30.4. The molecule has 0 aliphatic carbocycles. The highest BCUT2D eigenvalue weighted by Gasteiger charge is 2.18. The summed E-state index contributed by atoms with van der Waals surface area (Å²) >= 11 is 15.7. The van der Waals surface area contributed by atoms with Crippen LogP contribution >= 0.6 is 46.7 Å².